The van der Waals surface area contributed by atoms with Gasteiger partial charge in [-0.15, -0.1) is 0 Å². The smallest absolute Gasteiger partial charge is 0.252 e. The molecule has 3 nitrogen and oxygen atoms in total. The van der Waals surface area contributed by atoms with Crippen LogP contribution in [0.1, 0.15) is 0 Å². The van der Waals surface area contributed by atoms with Gasteiger partial charge in [0, 0.05) is 44.9 Å². The molecule has 0 radical (unpaired) electrons. The summed E-state index contributed by atoms with van der Waals surface area (Å²) in [5.41, 5.74) is 15.2. The monoisotopic (exact) mass is 636 g/mol. The fourth-order valence-electron chi connectivity index (χ4n) is 8.60. The van der Waals surface area contributed by atoms with Gasteiger partial charge in [-0.25, -0.2) is 0 Å². The lowest BCUT2D eigenvalue weighted by Crippen LogP contribution is -2.61. The third kappa shape index (κ3) is 3.82. The summed E-state index contributed by atoms with van der Waals surface area (Å²) >= 11 is 0. The quantitative estimate of drug-likeness (QED) is 0.180. The van der Waals surface area contributed by atoms with Gasteiger partial charge in [-0.3, -0.25) is 0 Å². The normalized spacial score (nSPS) is 13.1. The highest BCUT2D eigenvalue weighted by molar-refractivity contribution is 7.00. The van der Waals surface area contributed by atoms with Gasteiger partial charge in [-0.05, 0) is 99.0 Å². The van der Waals surface area contributed by atoms with Crippen molar-refractivity contribution in [3.05, 3.63) is 176 Å². The number of benzene rings is 8. The minimum absolute atomic E-state index is 0.0495. The predicted molar refractivity (Wildman–Crippen MR) is 211 cm³/mol. The van der Waals surface area contributed by atoms with E-state index in [4.69, 9.17) is 4.42 Å². The molecule has 0 atom stereocenters. The zero-order valence-electron chi connectivity index (χ0n) is 27.1. The average molecular weight is 637 g/mol. The zero-order valence-corrected chi connectivity index (χ0v) is 27.1. The molecule has 0 aliphatic carbocycles. The summed E-state index contributed by atoms with van der Waals surface area (Å²) in [5.74, 6) is 0. The number of rotatable bonds is 3. The minimum Gasteiger partial charge on any atom is -0.456 e. The number of para-hydroxylation sites is 4. The van der Waals surface area contributed by atoms with Crippen molar-refractivity contribution in [2.75, 3.05) is 9.80 Å². The van der Waals surface area contributed by atoms with Crippen LogP contribution in [-0.4, -0.2) is 6.71 Å². The van der Waals surface area contributed by atoms with Crippen molar-refractivity contribution in [2.24, 2.45) is 0 Å². The molecule has 3 heterocycles. The molecule has 0 saturated heterocycles. The van der Waals surface area contributed by atoms with Crippen molar-refractivity contribution in [2.45, 2.75) is 0 Å². The van der Waals surface area contributed by atoms with Crippen LogP contribution >= 0.6 is 0 Å². The molecular weight excluding hydrogens is 607 g/mol. The van der Waals surface area contributed by atoms with Gasteiger partial charge in [0.05, 0.1) is 0 Å². The molecule has 2 aliphatic heterocycles. The second-order valence-electron chi connectivity index (χ2n) is 13.3. The first kappa shape index (κ1) is 27.4. The van der Waals surface area contributed by atoms with Crippen LogP contribution in [0.5, 0.6) is 0 Å². The van der Waals surface area contributed by atoms with Crippen LogP contribution in [0.3, 0.4) is 0 Å². The highest BCUT2D eigenvalue weighted by Crippen LogP contribution is 2.45. The molecule has 0 saturated carbocycles. The maximum atomic E-state index is 6.51. The molecular formula is C46H29BN2O. The van der Waals surface area contributed by atoms with Crippen molar-refractivity contribution >= 4 is 89.9 Å². The van der Waals surface area contributed by atoms with Crippen LogP contribution < -0.4 is 26.2 Å². The summed E-state index contributed by atoms with van der Waals surface area (Å²) in [5, 5.41) is 4.76. The minimum atomic E-state index is 0.0495. The van der Waals surface area contributed by atoms with Crippen molar-refractivity contribution in [3.63, 3.8) is 0 Å². The van der Waals surface area contributed by atoms with Gasteiger partial charge in [-0.1, -0.05) is 115 Å². The Hall–Kier alpha value is -6.52. The Morgan fingerprint density at radius 1 is 0.400 bits per heavy atom. The summed E-state index contributed by atoms with van der Waals surface area (Å²) in [6, 6.07) is 63.7. The molecule has 0 amide bonds. The van der Waals surface area contributed by atoms with E-state index in [9.17, 15) is 0 Å². The second kappa shape index (κ2) is 10.5. The lowest BCUT2D eigenvalue weighted by Gasteiger charge is -2.44. The Morgan fingerprint density at radius 3 is 1.72 bits per heavy atom. The maximum absolute atomic E-state index is 6.51. The van der Waals surface area contributed by atoms with Crippen molar-refractivity contribution in [1.29, 1.82) is 0 Å². The largest absolute Gasteiger partial charge is 0.456 e. The summed E-state index contributed by atoms with van der Waals surface area (Å²) in [7, 11) is 0. The molecule has 1 aromatic heterocycles. The number of hydrogen-bond donors (Lipinski definition) is 0. The van der Waals surface area contributed by atoms with Crippen molar-refractivity contribution in [3.8, 4) is 11.1 Å². The molecule has 11 rings (SSSR count). The van der Waals surface area contributed by atoms with Crippen LogP contribution in [0, 0.1) is 0 Å². The van der Waals surface area contributed by atoms with Crippen LogP contribution in [0.15, 0.2) is 180 Å². The van der Waals surface area contributed by atoms with Gasteiger partial charge < -0.3 is 14.2 Å². The van der Waals surface area contributed by atoms with Crippen LogP contribution in [-0.2, 0) is 0 Å². The molecule has 50 heavy (non-hydrogen) atoms. The number of hydrogen-bond acceptors (Lipinski definition) is 3. The van der Waals surface area contributed by atoms with Gasteiger partial charge >= 0.3 is 0 Å². The molecule has 0 fully saturated rings. The molecule has 0 unspecified atom stereocenters. The van der Waals surface area contributed by atoms with E-state index in [1.54, 1.807) is 0 Å². The standard InChI is InChI=1S/C46H29BN2O/c1-3-14-31(15-4-1)48-39-22-11-10-21-37(39)47-38-28-30(26-27-40(38)49(32-16-5-2-6-17-32)42-24-13-23-41(48)46(42)47)36-29-44-45(34-19-8-7-18-33(34)36)35-20-9-12-25-43(35)50-44/h1-29H. The fourth-order valence-corrected chi connectivity index (χ4v) is 8.60. The van der Waals surface area contributed by atoms with Crippen LogP contribution in [0.4, 0.5) is 34.1 Å². The van der Waals surface area contributed by atoms with Crippen LogP contribution in [0.2, 0.25) is 0 Å². The van der Waals surface area contributed by atoms with E-state index >= 15 is 0 Å². The first-order valence-electron chi connectivity index (χ1n) is 17.2. The first-order valence-corrected chi connectivity index (χ1v) is 17.2. The van der Waals surface area contributed by atoms with E-state index in [1.165, 1.54) is 66.4 Å². The van der Waals surface area contributed by atoms with E-state index in [2.05, 4.69) is 180 Å². The van der Waals surface area contributed by atoms with E-state index in [-0.39, 0.29) is 6.71 Å². The molecule has 2 aliphatic rings. The Kier molecular flexibility index (Phi) is 5.76. The van der Waals surface area contributed by atoms with Gasteiger partial charge in [0.1, 0.15) is 11.2 Å². The number of nitrogens with zero attached hydrogens (tertiary/aromatic N) is 2. The van der Waals surface area contributed by atoms with Crippen molar-refractivity contribution in [1.82, 2.24) is 0 Å². The van der Waals surface area contributed by atoms with Crippen molar-refractivity contribution < 1.29 is 4.42 Å². The molecule has 0 bridgehead atoms. The van der Waals surface area contributed by atoms with E-state index in [0.29, 0.717) is 0 Å². The average Bonchev–Trinajstić information content (AvgIpc) is 3.57. The Bertz CT molecular complexity index is 2780. The number of furan rings is 1. The van der Waals surface area contributed by atoms with E-state index in [1.807, 2.05) is 6.07 Å². The van der Waals surface area contributed by atoms with Crippen LogP contribution in [0.25, 0.3) is 43.8 Å². The maximum Gasteiger partial charge on any atom is 0.252 e. The molecule has 232 valence electrons. The predicted octanol–water partition coefficient (Wildman–Crippen LogP) is 10.5. The third-order valence-corrected chi connectivity index (χ3v) is 10.6. The number of anilines is 6. The summed E-state index contributed by atoms with van der Waals surface area (Å²) < 4.78 is 6.51. The summed E-state index contributed by atoms with van der Waals surface area (Å²) in [6.45, 7) is 0.0495. The Balaban J connectivity index is 1.21. The lowest BCUT2D eigenvalue weighted by atomic mass is 9.33. The molecule has 4 heteroatoms. The molecule has 8 aromatic carbocycles. The third-order valence-electron chi connectivity index (χ3n) is 10.6. The molecule has 9 aromatic rings. The lowest BCUT2D eigenvalue weighted by molar-refractivity contribution is 0.669. The summed E-state index contributed by atoms with van der Waals surface area (Å²) in [4.78, 5) is 4.89. The Morgan fingerprint density at radius 2 is 0.980 bits per heavy atom. The van der Waals surface area contributed by atoms with Gasteiger partial charge in [0.25, 0.3) is 6.71 Å². The van der Waals surface area contributed by atoms with Gasteiger partial charge in [0.15, 0.2) is 0 Å². The number of fused-ring (bicyclic) bond motifs is 9. The summed E-state index contributed by atoms with van der Waals surface area (Å²) in [6.07, 6.45) is 0. The second-order valence-corrected chi connectivity index (χ2v) is 13.3. The van der Waals surface area contributed by atoms with E-state index < -0.39 is 0 Å². The SMILES string of the molecule is c1ccc(N2c3ccccc3B3c4cc(-c5cc6oc7ccccc7c6c6ccccc56)ccc4N(c4ccccc4)c4cccc2c43)cc1. The first-order chi connectivity index (χ1) is 24.8. The van der Waals surface area contributed by atoms with Gasteiger partial charge in [0.2, 0.25) is 0 Å². The molecule has 0 N–H and O–H groups in total. The topological polar surface area (TPSA) is 19.6 Å². The Labute approximate surface area is 290 Å². The van der Waals surface area contributed by atoms with Gasteiger partial charge in [-0.2, -0.15) is 0 Å². The highest BCUT2D eigenvalue weighted by Gasteiger charge is 2.43. The zero-order chi connectivity index (χ0) is 32.8. The molecule has 0 spiro atoms. The van der Waals surface area contributed by atoms with E-state index in [0.717, 1.165) is 27.9 Å². The highest BCUT2D eigenvalue weighted by atomic mass is 16.3. The fraction of sp³-hybridized carbons (Fsp3) is 0.